The second-order valence-corrected chi connectivity index (χ2v) is 10.7. The van der Waals surface area contributed by atoms with Crippen LogP contribution in [0.1, 0.15) is 33.5 Å². The van der Waals surface area contributed by atoms with E-state index in [-0.39, 0.29) is 17.7 Å². The molecule has 0 saturated heterocycles. The number of anilines is 2. The largest absolute Gasteiger partial charge is 0.383 e. The minimum absolute atomic E-state index is 0.166. The number of hydrogen-bond acceptors (Lipinski definition) is 7. The number of carbonyl (C=O) groups is 1. The zero-order valence-electron chi connectivity index (χ0n) is 20.3. The molecule has 192 valence electrons. The van der Waals surface area contributed by atoms with E-state index in [0.29, 0.717) is 42.3 Å². The number of fused-ring (bicyclic) bond motifs is 2. The fourth-order valence-electron chi connectivity index (χ4n) is 4.87. The highest BCUT2D eigenvalue weighted by molar-refractivity contribution is 8.09. The van der Waals surface area contributed by atoms with Crippen LogP contribution in [-0.4, -0.2) is 44.1 Å². The van der Waals surface area contributed by atoms with Crippen LogP contribution < -0.4 is 11.1 Å². The predicted octanol–water partition coefficient (Wildman–Crippen LogP) is 5.04. The van der Waals surface area contributed by atoms with Crippen molar-refractivity contribution < 1.29 is 13.6 Å². The minimum atomic E-state index is -0.918. The molecule has 10 heteroatoms. The Morgan fingerprint density at radius 2 is 1.97 bits per heavy atom. The molecule has 4 heterocycles. The van der Waals surface area contributed by atoms with Crippen molar-refractivity contribution in [3.8, 4) is 0 Å². The molecule has 0 radical (unpaired) electrons. The molecule has 1 amide bonds. The smallest absolute Gasteiger partial charge is 0.258 e. The van der Waals surface area contributed by atoms with Crippen molar-refractivity contribution in [3.05, 3.63) is 95.0 Å². The first-order valence-corrected chi connectivity index (χ1v) is 13.2. The average molecular weight is 531 g/mol. The zero-order chi connectivity index (χ0) is 26.2. The van der Waals surface area contributed by atoms with E-state index in [1.807, 2.05) is 24.3 Å². The first-order chi connectivity index (χ1) is 18.5. The molecule has 0 spiro atoms. The van der Waals surface area contributed by atoms with Crippen LogP contribution >= 0.6 is 11.8 Å². The maximum atomic E-state index is 13.7. The molecular formula is C28H24F2N6OS. The number of aromatic nitrogens is 3. The molecule has 0 saturated carbocycles. The second kappa shape index (κ2) is 10.0. The van der Waals surface area contributed by atoms with Gasteiger partial charge in [-0.3, -0.25) is 4.79 Å². The Bertz CT molecular complexity index is 1590. The molecule has 2 aliphatic rings. The lowest BCUT2D eigenvalue weighted by atomic mass is 9.99. The number of nitrogens with two attached hydrogens (primary N) is 1. The van der Waals surface area contributed by atoms with Gasteiger partial charge in [-0.15, -0.1) is 11.8 Å². The van der Waals surface area contributed by atoms with Crippen molar-refractivity contribution in [3.63, 3.8) is 0 Å². The number of nitrogens with zero attached hydrogens (tertiary/aromatic N) is 4. The average Bonchev–Trinajstić information content (AvgIpc) is 3.40. The van der Waals surface area contributed by atoms with Gasteiger partial charge in [0.1, 0.15) is 18.0 Å². The topological polar surface area (TPSA) is 97.0 Å². The normalized spacial score (nSPS) is 17.0. The van der Waals surface area contributed by atoms with Crippen molar-refractivity contribution >= 4 is 45.1 Å². The fraction of sp³-hybridized carbons (Fsp3) is 0.214. The van der Waals surface area contributed by atoms with Crippen molar-refractivity contribution in [2.45, 2.75) is 24.6 Å². The summed E-state index contributed by atoms with van der Waals surface area (Å²) in [6.45, 7) is 1.33. The Morgan fingerprint density at radius 3 is 2.84 bits per heavy atom. The molecule has 1 unspecified atom stereocenters. The van der Waals surface area contributed by atoms with Crippen LogP contribution in [0.25, 0.3) is 15.8 Å². The molecule has 3 N–H and O–H groups in total. The van der Waals surface area contributed by atoms with E-state index in [1.54, 1.807) is 22.9 Å². The Labute approximate surface area is 222 Å². The van der Waals surface area contributed by atoms with E-state index < -0.39 is 11.6 Å². The van der Waals surface area contributed by atoms with Gasteiger partial charge in [0.05, 0.1) is 11.1 Å². The number of nitrogen functional groups attached to an aromatic ring is 1. The number of thioether (sulfide) groups is 1. The van der Waals surface area contributed by atoms with Crippen molar-refractivity contribution in [2.75, 3.05) is 24.1 Å². The lowest BCUT2D eigenvalue weighted by Crippen LogP contribution is -2.38. The van der Waals surface area contributed by atoms with E-state index in [9.17, 15) is 13.6 Å². The standard InChI is InChI=1S/C28H24F2N6OS/c29-21-4-1-16(11-22(21)30)14-36-10-8-17-7-9-32-27(25(17)28(36)37)33-13-19-3-6-24(38-19)18-2-5-23-20(12-18)26(31)35-15-34-23/h1-2,4-7,9,11-12,15,19H,3,8,10,13-14H2,(H,32,33)(H2,31,34,35). The molecule has 7 nitrogen and oxygen atoms in total. The van der Waals surface area contributed by atoms with Gasteiger partial charge in [-0.2, -0.15) is 0 Å². The number of carbonyl (C=O) groups excluding carboxylic acids is 1. The van der Waals surface area contributed by atoms with E-state index in [0.717, 1.165) is 40.6 Å². The molecule has 0 bridgehead atoms. The number of hydrogen-bond donors (Lipinski definition) is 2. The van der Waals surface area contributed by atoms with Gasteiger partial charge in [0.2, 0.25) is 0 Å². The van der Waals surface area contributed by atoms with Crippen molar-refractivity contribution in [1.29, 1.82) is 0 Å². The third-order valence-electron chi connectivity index (χ3n) is 6.85. The summed E-state index contributed by atoms with van der Waals surface area (Å²) in [7, 11) is 0. The zero-order valence-corrected chi connectivity index (χ0v) is 21.1. The van der Waals surface area contributed by atoms with Crippen molar-refractivity contribution in [1.82, 2.24) is 19.9 Å². The van der Waals surface area contributed by atoms with Crippen LogP contribution in [0.5, 0.6) is 0 Å². The van der Waals surface area contributed by atoms with Crippen LogP contribution in [0.4, 0.5) is 20.4 Å². The van der Waals surface area contributed by atoms with Gasteiger partial charge < -0.3 is 16.0 Å². The fourth-order valence-corrected chi connectivity index (χ4v) is 6.05. The minimum Gasteiger partial charge on any atom is -0.383 e. The first kappa shape index (κ1) is 24.3. The first-order valence-electron chi connectivity index (χ1n) is 12.3. The highest BCUT2D eigenvalue weighted by Gasteiger charge is 2.29. The van der Waals surface area contributed by atoms with Gasteiger partial charge >= 0.3 is 0 Å². The van der Waals surface area contributed by atoms with Crippen LogP contribution in [0, 0.1) is 11.6 Å². The monoisotopic (exact) mass is 530 g/mol. The van der Waals surface area contributed by atoms with Crippen molar-refractivity contribution in [2.24, 2.45) is 0 Å². The van der Waals surface area contributed by atoms with Gasteiger partial charge in [-0.1, -0.05) is 18.2 Å². The summed E-state index contributed by atoms with van der Waals surface area (Å²) in [6, 6.07) is 11.6. The Morgan fingerprint density at radius 1 is 1.08 bits per heavy atom. The molecule has 1 atom stereocenters. The molecule has 0 aliphatic carbocycles. The molecule has 2 aliphatic heterocycles. The lowest BCUT2D eigenvalue weighted by molar-refractivity contribution is 0.0727. The second-order valence-electron chi connectivity index (χ2n) is 9.33. The predicted molar refractivity (Wildman–Crippen MR) is 145 cm³/mol. The summed E-state index contributed by atoms with van der Waals surface area (Å²) in [6.07, 6.45) is 6.93. The summed E-state index contributed by atoms with van der Waals surface area (Å²) in [4.78, 5) is 29.1. The highest BCUT2D eigenvalue weighted by Crippen LogP contribution is 2.40. The molecule has 2 aromatic carbocycles. The van der Waals surface area contributed by atoms with Crippen LogP contribution in [-0.2, 0) is 13.0 Å². The Hall–Kier alpha value is -4.05. The maximum absolute atomic E-state index is 13.7. The lowest BCUT2D eigenvalue weighted by Gasteiger charge is -2.30. The third kappa shape index (κ3) is 4.67. The van der Waals surface area contributed by atoms with Gasteiger partial charge in [-0.25, -0.2) is 23.7 Å². The number of amides is 1. The number of nitrogens with one attached hydrogen (secondary N) is 1. The van der Waals surface area contributed by atoms with Gasteiger partial charge in [-0.05, 0) is 59.9 Å². The van der Waals surface area contributed by atoms with Crippen LogP contribution in [0.2, 0.25) is 0 Å². The number of halogens is 2. The third-order valence-corrected chi connectivity index (χ3v) is 8.20. The molecule has 2 aromatic heterocycles. The van der Waals surface area contributed by atoms with Gasteiger partial charge in [0, 0.05) is 41.4 Å². The number of pyridine rings is 1. The van der Waals surface area contributed by atoms with E-state index in [2.05, 4.69) is 26.3 Å². The summed E-state index contributed by atoms with van der Waals surface area (Å²) in [5, 5.41) is 4.49. The van der Waals surface area contributed by atoms with Crippen LogP contribution in [0.15, 0.2) is 61.1 Å². The quantitative estimate of drug-likeness (QED) is 0.360. The molecule has 4 aromatic rings. The van der Waals surface area contributed by atoms with E-state index >= 15 is 0 Å². The number of allylic oxidation sites excluding steroid dienone is 1. The molecule has 38 heavy (non-hydrogen) atoms. The highest BCUT2D eigenvalue weighted by atomic mass is 32.2. The molecular weight excluding hydrogens is 506 g/mol. The maximum Gasteiger partial charge on any atom is 0.258 e. The Balaban J connectivity index is 1.13. The summed E-state index contributed by atoms with van der Waals surface area (Å²) < 4.78 is 27.0. The molecule has 6 rings (SSSR count). The summed E-state index contributed by atoms with van der Waals surface area (Å²) >= 11 is 1.77. The van der Waals surface area contributed by atoms with Gasteiger partial charge in [0.15, 0.2) is 11.6 Å². The number of benzene rings is 2. The summed E-state index contributed by atoms with van der Waals surface area (Å²) in [5.41, 5.74) is 9.94. The van der Waals surface area contributed by atoms with Crippen LogP contribution in [0.3, 0.4) is 0 Å². The summed E-state index contributed by atoms with van der Waals surface area (Å²) in [5.74, 6) is -0.977. The Kier molecular flexibility index (Phi) is 6.40. The van der Waals surface area contributed by atoms with E-state index in [4.69, 9.17) is 5.73 Å². The SMILES string of the molecule is Nc1ncnc2ccc(C3=CCC(CNc4nccc5c4C(=O)N(Cc4ccc(F)c(F)c4)CC5)S3)cc12. The van der Waals surface area contributed by atoms with E-state index in [1.165, 1.54) is 17.3 Å². The van der Waals surface area contributed by atoms with Gasteiger partial charge in [0.25, 0.3) is 5.91 Å². The molecule has 0 fully saturated rings. The number of rotatable bonds is 6.